The summed E-state index contributed by atoms with van der Waals surface area (Å²) in [4.78, 5) is 25.1. The van der Waals surface area contributed by atoms with Gasteiger partial charge in [0.1, 0.15) is 0 Å². The molecule has 1 heterocycles. The first-order valence-corrected chi connectivity index (χ1v) is 6.97. The molecule has 0 aromatic heterocycles. The maximum absolute atomic E-state index is 12.2. The number of hydrogen-bond acceptors (Lipinski definition) is 3. The number of halogens is 1. The van der Waals surface area contributed by atoms with Gasteiger partial charge < -0.3 is 20.1 Å². The van der Waals surface area contributed by atoms with Gasteiger partial charge in [0, 0.05) is 24.2 Å². The number of aliphatic carboxylic acids is 1. The Bertz CT molecular complexity index is 531. The van der Waals surface area contributed by atoms with Gasteiger partial charge in [-0.2, -0.15) is 0 Å². The monoisotopic (exact) mass is 312 g/mol. The number of nitrogens with zero attached hydrogens (tertiary/aromatic N) is 1. The summed E-state index contributed by atoms with van der Waals surface area (Å²) in [5, 5.41) is 12.1. The van der Waals surface area contributed by atoms with Crippen molar-refractivity contribution >= 4 is 23.6 Å². The van der Waals surface area contributed by atoms with Crippen molar-refractivity contribution in [1.29, 1.82) is 0 Å². The van der Waals surface area contributed by atoms with Crippen LogP contribution in [0.25, 0.3) is 0 Å². The molecule has 21 heavy (non-hydrogen) atoms. The van der Waals surface area contributed by atoms with Gasteiger partial charge in [-0.3, -0.25) is 0 Å². The van der Waals surface area contributed by atoms with Gasteiger partial charge in [-0.25, -0.2) is 9.59 Å². The van der Waals surface area contributed by atoms with Crippen molar-refractivity contribution in [3.05, 3.63) is 34.9 Å². The van der Waals surface area contributed by atoms with Crippen LogP contribution in [0.2, 0.25) is 5.02 Å². The lowest BCUT2D eigenvalue weighted by atomic mass is 10.1. The largest absolute Gasteiger partial charge is 0.479 e. The van der Waals surface area contributed by atoms with Crippen LogP contribution in [-0.2, 0) is 9.53 Å². The number of ether oxygens (including phenoxy) is 1. The SMILES string of the molecule is CN(C(=O)N[C@@H](C(=O)O)c1ccccc1Cl)C1CCOC1. The molecule has 0 bridgehead atoms. The van der Waals surface area contributed by atoms with E-state index in [9.17, 15) is 14.7 Å². The molecular formula is C14H17ClN2O4. The van der Waals surface area contributed by atoms with Crippen LogP contribution >= 0.6 is 11.6 Å². The van der Waals surface area contributed by atoms with Gasteiger partial charge in [-0.15, -0.1) is 0 Å². The van der Waals surface area contributed by atoms with Crippen LogP contribution < -0.4 is 5.32 Å². The summed E-state index contributed by atoms with van der Waals surface area (Å²) >= 11 is 6.00. The Morgan fingerprint density at radius 1 is 1.48 bits per heavy atom. The first-order valence-electron chi connectivity index (χ1n) is 6.59. The summed E-state index contributed by atoms with van der Waals surface area (Å²) in [6.07, 6.45) is 0.744. The van der Waals surface area contributed by atoms with Gasteiger partial charge in [0.25, 0.3) is 0 Å². The summed E-state index contributed by atoms with van der Waals surface area (Å²) < 4.78 is 5.23. The molecular weight excluding hydrogens is 296 g/mol. The fraction of sp³-hybridized carbons (Fsp3) is 0.429. The molecule has 1 unspecified atom stereocenters. The molecule has 2 atom stereocenters. The molecule has 1 aromatic rings. The molecule has 0 saturated carbocycles. The van der Waals surface area contributed by atoms with E-state index < -0.39 is 18.0 Å². The van der Waals surface area contributed by atoms with Gasteiger partial charge >= 0.3 is 12.0 Å². The molecule has 2 rings (SSSR count). The molecule has 1 aromatic carbocycles. The highest BCUT2D eigenvalue weighted by Crippen LogP contribution is 2.23. The fourth-order valence-corrected chi connectivity index (χ4v) is 2.45. The minimum Gasteiger partial charge on any atom is -0.479 e. The number of carbonyl (C=O) groups is 2. The van der Waals surface area contributed by atoms with Crippen LogP contribution in [0.15, 0.2) is 24.3 Å². The number of benzene rings is 1. The van der Waals surface area contributed by atoms with Gasteiger partial charge in [0.15, 0.2) is 6.04 Å². The Morgan fingerprint density at radius 3 is 2.76 bits per heavy atom. The number of hydrogen-bond donors (Lipinski definition) is 2. The number of rotatable bonds is 4. The number of carboxylic acid groups (broad SMARTS) is 1. The fourth-order valence-electron chi connectivity index (χ4n) is 2.20. The third kappa shape index (κ3) is 3.65. The van der Waals surface area contributed by atoms with Gasteiger partial charge in [-0.05, 0) is 12.5 Å². The number of carbonyl (C=O) groups excluding carboxylic acids is 1. The van der Waals surface area contributed by atoms with E-state index in [1.807, 2.05) is 0 Å². The first-order chi connectivity index (χ1) is 10.0. The zero-order chi connectivity index (χ0) is 15.4. The Labute approximate surface area is 127 Å². The van der Waals surface area contributed by atoms with Crippen molar-refractivity contribution in [3.63, 3.8) is 0 Å². The zero-order valence-corrected chi connectivity index (χ0v) is 12.3. The van der Waals surface area contributed by atoms with E-state index >= 15 is 0 Å². The third-order valence-electron chi connectivity index (χ3n) is 3.50. The normalized spacial score (nSPS) is 19.0. The van der Waals surface area contributed by atoms with Crippen molar-refractivity contribution in [2.24, 2.45) is 0 Å². The van der Waals surface area contributed by atoms with E-state index in [0.29, 0.717) is 23.8 Å². The average molecular weight is 313 g/mol. The second-order valence-electron chi connectivity index (χ2n) is 4.87. The smallest absolute Gasteiger partial charge is 0.331 e. The Kier molecular flexibility index (Phi) is 5.03. The molecule has 2 N–H and O–H groups in total. The lowest BCUT2D eigenvalue weighted by Crippen LogP contribution is -2.46. The van der Waals surface area contributed by atoms with E-state index in [4.69, 9.17) is 16.3 Å². The minimum absolute atomic E-state index is 0.0364. The highest BCUT2D eigenvalue weighted by atomic mass is 35.5. The van der Waals surface area contributed by atoms with E-state index in [0.717, 1.165) is 6.42 Å². The van der Waals surface area contributed by atoms with Crippen LogP contribution in [0, 0.1) is 0 Å². The maximum atomic E-state index is 12.2. The van der Waals surface area contributed by atoms with Crippen molar-refractivity contribution < 1.29 is 19.4 Å². The molecule has 0 spiro atoms. The molecule has 7 heteroatoms. The molecule has 2 amide bonds. The number of nitrogens with one attached hydrogen (secondary N) is 1. The number of likely N-dealkylation sites (N-methyl/N-ethyl adjacent to an activating group) is 1. The molecule has 6 nitrogen and oxygen atoms in total. The number of urea groups is 1. The Balaban J connectivity index is 2.11. The van der Waals surface area contributed by atoms with Crippen LogP contribution in [0.5, 0.6) is 0 Å². The van der Waals surface area contributed by atoms with Gasteiger partial charge in [-0.1, -0.05) is 29.8 Å². The lowest BCUT2D eigenvalue weighted by Gasteiger charge is -2.26. The molecule has 0 aliphatic carbocycles. The zero-order valence-electron chi connectivity index (χ0n) is 11.6. The molecule has 1 aliphatic rings. The molecule has 1 aliphatic heterocycles. The Morgan fingerprint density at radius 2 is 2.19 bits per heavy atom. The van der Waals surface area contributed by atoms with E-state index in [2.05, 4.69) is 5.32 Å². The third-order valence-corrected chi connectivity index (χ3v) is 3.85. The molecule has 0 radical (unpaired) electrons. The van der Waals surface area contributed by atoms with E-state index in [-0.39, 0.29) is 6.04 Å². The highest BCUT2D eigenvalue weighted by Gasteiger charge is 2.29. The van der Waals surface area contributed by atoms with Crippen molar-refractivity contribution in [2.45, 2.75) is 18.5 Å². The summed E-state index contributed by atoms with van der Waals surface area (Å²) in [7, 11) is 1.63. The van der Waals surface area contributed by atoms with Gasteiger partial charge in [0.2, 0.25) is 0 Å². The molecule has 114 valence electrons. The van der Waals surface area contributed by atoms with Crippen LogP contribution in [0.1, 0.15) is 18.0 Å². The standard InChI is InChI=1S/C14H17ClN2O4/c1-17(9-6-7-21-8-9)14(20)16-12(13(18)19)10-4-2-3-5-11(10)15/h2-5,9,12H,6-8H2,1H3,(H,16,20)(H,18,19)/t9?,12-/m1/s1. The van der Waals surface area contributed by atoms with E-state index in [1.54, 1.807) is 31.3 Å². The lowest BCUT2D eigenvalue weighted by molar-refractivity contribution is -0.139. The quantitative estimate of drug-likeness (QED) is 0.890. The predicted octanol–water partition coefficient (Wildman–Crippen LogP) is 1.90. The average Bonchev–Trinajstić information content (AvgIpc) is 2.98. The first kappa shape index (κ1) is 15.6. The van der Waals surface area contributed by atoms with Crippen LogP contribution in [-0.4, -0.2) is 48.3 Å². The molecule has 1 saturated heterocycles. The summed E-state index contributed by atoms with van der Waals surface area (Å²) in [6.45, 7) is 1.07. The maximum Gasteiger partial charge on any atom is 0.331 e. The summed E-state index contributed by atoms with van der Waals surface area (Å²) in [6, 6.07) is 4.87. The van der Waals surface area contributed by atoms with Crippen molar-refractivity contribution in [1.82, 2.24) is 10.2 Å². The van der Waals surface area contributed by atoms with Crippen LogP contribution in [0.4, 0.5) is 4.79 Å². The second kappa shape index (κ2) is 6.78. The second-order valence-corrected chi connectivity index (χ2v) is 5.28. The molecule has 1 fully saturated rings. The van der Waals surface area contributed by atoms with Crippen molar-refractivity contribution in [2.75, 3.05) is 20.3 Å². The minimum atomic E-state index is -1.18. The summed E-state index contributed by atoms with van der Waals surface area (Å²) in [5.41, 5.74) is 0.357. The van der Waals surface area contributed by atoms with Gasteiger partial charge in [0.05, 0.1) is 12.6 Å². The number of amides is 2. The highest BCUT2D eigenvalue weighted by molar-refractivity contribution is 6.31. The summed E-state index contributed by atoms with van der Waals surface area (Å²) in [5.74, 6) is -1.16. The predicted molar refractivity (Wildman–Crippen MR) is 77.3 cm³/mol. The van der Waals surface area contributed by atoms with E-state index in [1.165, 1.54) is 4.90 Å². The van der Waals surface area contributed by atoms with Crippen LogP contribution in [0.3, 0.4) is 0 Å². The van der Waals surface area contributed by atoms with Crippen molar-refractivity contribution in [3.8, 4) is 0 Å². The topological polar surface area (TPSA) is 78.9 Å². The number of carboxylic acids is 1. The Hall–Kier alpha value is -1.79.